The summed E-state index contributed by atoms with van der Waals surface area (Å²) in [6, 6.07) is 5.58. The summed E-state index contributed by atoms with van der Waals surface area (Å²) in [6.07, 6.45) is 0. The molecule has 0 unspecified atom stereocenters. The van der Waals surface area contributed by atoms with Gasteiger partial charge in [-0.25, -0.2) is 0 Å². The molecule has 5 nitrogen and oxygen atoms in total. The highest BCUT2D eigenvalue weighted by molar-refractivity contribution is 7.98. The van der Waals surface area contributed by atoms with Crippen molar-refractivity contribution in [3.63, 3.8) is 0 Å². The van der Waals surface area contributed by atoms with Crippen LogP contribution in [0.3, 0.4) is 0 Å². The molecule has 0 spiro atoms. The summed E-state index contributed by atoms with van der Waals surface area (Å²) >= 11 is 1.58. The SMILES string of the molecule is COc1cc(N)ccc1SCc1nc(C(C)(C)C)no1. The van der Waals surface area contributed by atoms with Crippen LogP contribution >= 0.6 is 11.8 Å². The predicted octanol–water partition coefficient (Wildman–Crippen LogP) is 3.25. The van der Waals surface area contributed by atoms with Gasteiger partial charge in [-0.3, -0.25) is 0 Å². The fraction of sp³-hybridized carbons (Fsp3) is 0.429. The maximum atomic E-state index is 5.73. The minimum Gasteiger partial charge on any atom is -0.496 e. The Hall–Kier alpha value is -1.69. The number of anilines is 1. The van der Waals surface area contributed by atoms with Crippen LogP contribution in [-0.4, -0.2) is 17.3 Å². The van der Waals surface area contributed by atoms with Gasteiger partial charge in [0.15, 0.2) is 5.82 Å². The average Bonchev–Trinajstić information content (AvgIpc) is 2.86. The molecule has 6 heteroatoms. The monoisotopic (exact) mass is 293 g/mol. The lowest BCUT2D eigenvalue weighted by Gasteiger charge is -2.10. The van der Waals surface area contributed by atoms with E-state index >= 15 is 0 Å². The summed E-state index contributed by atoms with van der Waals surface area (Å²) in [4.78, 5) is 5.40. The maximum absolute atomic E-state index is 5.73. The number of nitrogens with two attached hydrogens (primary N) is 1. The number of ether oxygens (including phenoxy) is 1. The Morgan fingerprint density at radius 2 is 2.10 bits per heavy atom. The van der Waals surface area contributed by atoms with E-state index in [0.29, 0.717) is 17.3 Å². The molecule has 2 rings (SSSR count). The van der Waals surface area contributed by atoms with Crippen molar-refractivity contribution in [3.05, 3.63) is 29.9 Å². The summed E-state index contributed by atoms with van der Waals surface area (Å²) in [5, 5.41) is 4.01. The number of benzene rings is 1. The Labute approximate surface area is 122 Å². The number of thioether (sulfide) groups is 1. The van der Waals surface area contributed by atoms with Crippen LogP contribution in [0.4, 0.5) is 5.69 Å². The van der Waals surface area contributed by atoms with Gasteiger partial charge in [0.25, 0.3) is 0 Å². The number of nitrogens with zero attached hydrogens (tertiary/aromatic N) is 2. The van der Waals surface area contributed by atoms with E-state index in [1.807, 2.05) is 12.1 Å². The van der Waals surface area contributed by atoms with Gasteiger partial charge in [-0.05, 0) is 12.1 Å². The van der Waals surface area contributed by atoms with E-state index in [1.54, 1.807) is 24.9 Å². The molecule has 0 bridgehead atoms. The molecule has 0 atom stereocenters. The van der Waals surface area contributed by atoms with Crippen LogP contribution in [0.2, 0.25) is 0 Å². The predicted molar refractivity (Wildman–Crippen MR) is 80.0 cm³/mol. The standard InChI is InChI=1S/C14H19N3O2S/c1-14(2,3)13-16-12(19-17-13)8-20-11-6-5-9(15)7-10(11)18-4/h5-7H,8,15H2,1-4H3. The molecule has 2 N–H and O–H groups in total. The lowest BCUT2D eigenvalue weighted by molar-refractivity contribution is 0.372. The Morgan fingerprint density at radius 3 is 2.70 bits per heavy atom. The van der Waals surface area contributed by atoms with Crippen molar-refractivity contribution >= 4 is 17.4 Å². The normalized spacial score (nSPS) is 11.6. The molecule has 108 valence electrons. The molecule has 2 aromatic rings. The number of aromatic nitrogens is 2. The molecule has 1 aromatic carbocycles. The highest BCUT2D eigenvalue weighted by Crippen LogP contribution is 2.33. The molecule has 0 fully saturated rings. The van der Waals surface area contributed by atoms with Crippen molar-refractivity contribution in [1.29, 1.82) is 0 Å². The van der Waals surface area contributed by atoms with Gasteiger partial charge >= 0.3 is 0 Å². The third-order valence-corrected chi connectivity index (χ3v) is 3.72. The second kappa shape index (κ2) is 5.75. The first kappa shape index (κ1) is 14.7. The Kier molecular flexibility index (Phi) is 4.23. The van der Waals surface area contributed by atoms with Crippen LogP contribution in [-0.2, 0) is 11.2 Å². The van der Waals surface area contributed by atoms with Crippen molar-refractivity contribution in [1.82, 2.24) is 10.1 Å². The fourth-order valence-corrected chi connectivity index (χ4v) is 2.41. The van der Waals surface area contributed by atoms with Crippen LogP contribution in [0, 0.1) is 0 Å². The molecule has 0 saturated heterocycles. The van der Waals surface area contributed by atoms with E-state index in [4.69, 9.17) is 15.0 Å². The molecule has 0 radical (unpaired) electrons. The lowest BCUT2D eigenvalue weighted by atomic mass is 9.96. The number of methoxy groups -OCH3 is 1. The van der Waals surface area contributed by atoms with Crippen molar-refractivity contribution < 1.29 is 9.26 Å². The van der Waals surface area contributed by atoms with E-state index in [-0.39, 0.29) is 5.41 Å². The second-order valence-corrected chi connectivity index (χ2v) is 6.48. The van der Waals surface area contributed by atoms with E-state index in [0.717, 1.165) is 16.5 Å². The first-order chi connectivity index (χ1) is 9.40. The van der Waals surface area contributed by atoms with Crippen molar-refractivity contribution in [2.24, 2.45) is 0 Å². The number of nitrogen functional groups attached to an aromatic ring is 1. The highest BCUT2D eigenvalue weighted by atomic mass is 32.2. The van der Waals surface area contributed by atoms with Gasteiger partial charge in [-0.1, -0.05) is 25.9 Å². The van der Waals surface area contributed by atoms with Gasteiger partial charge in [-0.2, -0.15) is 4.98 Å². The van der Waals surface area contributed by atoms with Gasteiger partial charge in [0, 0.05) is 22.1 Å². The summed E-state index contributed by atoms with van der Waals surface area (Å²) in [6.45, 7) is 6.16. The highest BCUT2D eigenvalue weighted by Gasteiger charge is 2.21. The molecule has 1 aromatic heterocycles. The molecule has 0 aliphatic carbocycles. The van der Waals surface area contributed by atoms with Gasteiger partial charge in [0.05, 0.1) is 12.9 Å². The summed E-state index contributed by atoms with van der Waals surface area (Å²) in [5.74, 6) is 2.69. The molecule has 0 aliphatic rings. The summed E-state index contributed by atoms with van der Waals surface area (Å²) in [7, 11) is 1.63. The molecular formula is C14H19N3O2S. The summed E-state index contributed by atoms with van der Waals surface area (Å²) < 4.78 is 10.6. The molecule has 1 heterocycles. The molecule has 0 amide bonds. The van der Waals surface area contributed by atoms with Crippen LogP contribution in [0.25, 0.3) is 0 Å². The smallest absolute Gasteiger partial charge is 0.237 e. The molecule has 20 heavy (non-hydrogen) atoms. The number of rotatable bonds is 4. The van der Waals surface area contributed by atoms with Gasteiger partial charge in [0.2, 0.25) is 5.89 Å². The minimum atomic E-state index is -0.106. The first-order valence-electron chi connectivity index (χ1n) is 6.29. The number of hydrogen-bond acceptors (Lipinski definition) is 6. The zero-order valence-corrected chi connectivity index (χ0v) is 13.0. The first-order valence-corrected chi connectivity index (χ1v) is 7.28. The van der Waals surface area contributed by atoms with Crippen LogP contribution in [0.5, 0.6) is 5.75 Å². The van der Waals surface area contributed by atoms with Crippen LogP contribution in [0.1, 0.15) is 32.5 Å². The van der Waals surface area contributed by atoms with Crippen molar-refractivity contribution in [3.8, 4) is 5.75 Å². The molecular weight excluding hydrogens is 274 g/mol. The maximum Gasteiger partial charge on any atom is 0.237 e. The molecule has 0 saturated carbocycles. The van der Waals surface area contributed by atoms with E-state index in [1.165, 1.54) is 0 Å². The average molecular weight is 293 g/mol. The van der Waals surface area contributed by atoms with Crippen molar-refractivity contribution in [2.75, 3.05) is 12.8 Å². The Morgan fingerprint density at radius 1 is 1.35 bits per heavy atom. The Bertz CT molecular complexity index is 590. The second-order valence-electron chi connectivity index (χ2n) is 5.46. The Balaban J connectivity index is 2.07. The zero-order valence-electron chi connectivity index (χ0n) is 12.1. The van der Waals surface area contributed by atoms with Crippen LogP contribution < -0.4 is 10.5 Å². The van der Waals surface area contributed by atoms with Crippen molar-refractivity contribution in [2.45, 2.75) is 36.8 Å². The zero-order chi connectivity index (χ0) is 14.8. The molecule has 0 aliphatic heterocycles. The van der Waals surface area contributed by atoms with E-state index in [2.05, 4.69) is 30.9 Å². The number of hydrogen-bond donors (Lipinski definition) is 1. The van der Waals surface area contributed by atoms with Gasteiger partial charge < -0.3 is 15.0 Å². The fourth-order valence-electron chi connectivity index (χ4n) is 1.56. The van der Waals surface area contributed by atoms with E-state index in [9.17, 15) is 0 Å². The summed E-state index contributed by atoms with van der Waals surface area (Å²) in [5.41, 5.74) is 6.31. The lowest BCUT2D eigenvalue weighted by Crippen LogP contribution is -2.13. The minimum absolute atomic E-state index is 0.106. The largest absolute Gasteiger partial charge is 0.496 e. The third-order valence-electron chi connectivity index (χ3n) is 2.68. The third kappa shape index (κ3) is 3.45. The quantitative estimate of drug-likeness (QED) is 0.689. The van der Waals surface area contributed by atoms with Gasteiger partial charge in [0.1, 0.15) is 5.75 Å². The van der Waals surface area contributed by atoms with E-state index < -0.39 is 0 Å². The van der Waals surface area contributed by atoms with Gasteiger partial charge in [-0.15, -0.1) is 11.8 Å². The van der Waals surface area contributed by atoms with Crippen LogP contribution in [0.15, 0.2) is 27.6 Å². The topological polar surface area (TPSA) is 74.2 Å².